The number of benzene rings is 24. The first-order valence-electron chi connectivity index (χ1n) is 34.5. The topological polar surface area (TPSA) is 192 Å². The van der Waals surface area contributed by atoms with Crippen molar-refractivity contribution in [1.82, 2.24) is 0 Å². The Morgan fingerprint density at radius 2 is 0.318 bits per heavy atom. The largest absolute Gasteiger partial charge is 0.457 e. The molecule has 8 aliphatic carbocycles. The van der Waals surface area contributed by atoms with Crippen molar-refractivity contribution >= 4 is 204 Å². The minimum atomic E-state index is -0.415. The molecule has 0 N–H and O–H groups in total. The highest BCUT2D eigenvalue weighted by Crippen LogP contribution is 2.55. The molecule has 24 rings (SSSR count). The molecule has 0 aliphatic heterocycles. The maximum Gasteiger partial charge on any atom is 0.230 e. The van der Waals surface area contributed by atoms with E-state index in [-0.39, 0.29) is 68.5 Å². The average Bonchev–Trinajstić information content (AvgIpc) is 0.702. The second kappa shape index (κ2) is 20.4. The fraction of sp³-hybridized carbons (Fsp3) is 0.0330. The first-order chi connectivity index (χ1) is 52.3. The SMILES string of the molecule is O=c1c2cc(OCOc3cc4c5c6c3cccc6c(=O)c3cc(OCOc6cc7c8c9c6cccc9c(=O)c6cc(OCOc9cc%10c%11c%12c9cccc%12c(=O)c9cc(Br)c%12cccc(c%10=O)c%12c9-%11)c9cccc(c7=O)c9c6-8)c6cccc(c4=O)c6c3-5)c3cccc4c(=O)c5cc(Br)c6cccc1c6c5-c2c34. The molecule has 16 aromatic rings. The summed E-state index contributed by atoms with van der Waals surface area (Å²) in [5.41, 5.74) is 3.25. The Balaban J connectivity index is 0.565. The van der Waals surface area contributed by atoms with E-state index in [2.05, 4.69) is 31.9 Å². The predicted octanol–water partition coefficient (Wildman–Crippen LogP) is 18.5. The van der Waals surface area contributed by atoms with Gasteiger partial charge in [0, 0.05) is 215 Å². The van der Waals surface area contributed by atoms with Gasteiger partial charge in [-0.1, -0.05) is 177 Å². The van der Waals surface area contributed by atoms with Crippen molar-refractivity contribution < 1.29 is 28.4 Å². The average molecular weight is 1520 g/mol. The van der Waals surface area contributed by atoms with Gasteiger partial charge in [-0.3, -0.25) is 38.4 Å². The van der Waals surface area contributed by atoms with Gasteiger partial charge in [0.1, 0.15) is 34.5 Å². The highest BCUT2D eigenvalue weighted by molar-refractivity contribution is 9.11. The van der Waals surface area contributed by atoms with Crippen LogP contribution in [0.15, 0.2) is 241 Å². The van der Waals surface area contributed by atoms with Gasteiger partial charge in [-0.25, -0.2) is 0 Å². The highest BCUT2D eigenvalue weighted by atomic mass is 79.9. The Morgan fingerprint density at radius 1 is 0.178 bits per heavy atom. The normalized spacial score (nSPS) is 12.8. The number of rotatable bonds is 12. The van der Waals surface area contributed by atoms with Crippen LogP contribution >= 0.6 is 31.9 Å². The molecule has 8 aliphatic rings. The van der Waals surface area contributed by atoms with Gasteiger partial charge in [-0.15, -0.1) is 0 Å². The Hall–Kier alpha value is -13.3. The number of ether oxygens (including phenoxy) is 6. The van der Waals surface area contributed by atoms with Crippen LogP contribution in [0.2, 0.25) is 0 Å². The first kappa shape index (κ1) is 59.1. The van der Waals surface area contributed by atoms with Crippen LogP contribution in [-0.2, 0) is 0 Å². The Morgan fingerprint density at radius 3 is 0.495 bits per heavy atom. The van der Waals surface area contributed by atoms with Crippen LogP contribution < -0.4 is 71.9 Å². The summed E-state index contributed by atoms with van der Waals surface area (Å²) in [5.74, 6) is 1.79. The van der Waals surface area contributed by atoms with E-state index in [0.717, 1.165) is 41.6 Å². The lowest BCUT2D eigenvalue weighted by Crippen LogP contribution is -2.16. The van der Waals surface area contributed by atoms with Crippen molar-refractivity contribution in [2.75, 3.05) is 20.4 Å². The van der Waals surface area contributed by atoms with Crippen LogP contribution in [0.5, 0.6) is 34.5 Å². The molecule has 500 valence electrons. The molecular weight excluding hydrogens is 1480 g/mol. The zero-order valence-electron chi connectivity index (χ0n) is 55.1. The Kier molecular flexibility index (Phi) is 11.3. The van der Waals surface area contributed by atoms with Crippen molar-refractivity contribution in [1.29, 1.82) is 0 Å². The van der Waals surface area contributed by atoms with Gasteiger partial charge >= 0.3 is 0 Å². The maximum absolute atomic E-state index is 15.2. The first-order valence-corrected chi connectivity index (χ1v) is 36.1. The molecule has 0 saturated heterocycles. The lowest BCUT2D eigenvalue weighted by atomic mass is 9.81. The zero-order valence-corrected chi connectivity index (χ0v) is 58.2. The smallest absolute Gasteiger partial charge is 0.230 e. The predicted molar refractivity (Wildman–Crippen MR) is 431 cm³/mol. The van der Waals surface area contributed by atoms with Crippen molar-refractivity contribution in [3.8, 4) is 79.0 Å². The fourth-order valence-corrected chi connectivity index (χ4v) is 20.0. The molecule has 0 spiro atoms. The molecule has 0 atom stereocenters. The summed E-state index contributed by atoms with van der Waals surface area (Å²) in [7, 11) is 0. The molecular formula is C91H38Br2O14. The van der Waals surface area contributed by atoms with E-state index in [1.165, 1.54) is 0 Å². The summed E-state index contributed by atoms with van der Waals surface area (Å²) >= 11 is 7.34. The summed E-state index contributed by atoms with van der Waals surface area (Å²) in [4.78, 5) is 119. The molecule has 14 nitrogen and oxygen atoms in total. The summed E-state index contributed by atoms with van der Waals surface area (Å²) < 4.78 is 40.8. The Bertz CT molecular complexity index is 7970. The van der Waals surface area contributed by atoms with E-state index < -0.39 is 6.79 Å². The monoisotopic (exact) mass is 1510 g/mol. The number of hydrogen-bond donors (Lipinski definition) is 0. The molecule has 0 amide bonds. The van der Waals surface area contributed by atoms with Crippen molar-refractivity contribution in [3.05, 3.63) is 285 Å². The lowest BCUT2D eigenvalue weighted by Gasteiger charge is -2.24. The standard InChI is InChI=1S/C91H38Br2O14/c92-60-25-52-76-68-36(60)9-1-17-44(68)86(96)54-27-62(38-11-3-19-46(84(52)94)70(38)78(54)76)102-33-104-64-29-56-80-72-40(64)13-5-21-48(72)90(100)58-31-66(42-15-7-23-50(88(56)98)74(42)82(58)80)106-35-107-67-32-59-83-75-43(67)16-8-24-51(75)89(99)57-30-65(41-14-6-22-49(91(59)101)73(41)81(57)83)105-34-103-63-28-55-79-71-39(63)12-4-20-47(71)85(95)53-26-61(93)37-10-2-18-45(87(55)97)69(37)77(53)79/h1-32H,33-35H2. The van der Waals surface area contributed by atoms with Gasteiger partial charge in [-0.05, 0) is 59.3 Å². The molecule has 107 heavy (non-hydrogen) atoms. The summed E-state index contributed by atoms with van der Waals surface area (Å²) in [6.45, 7) is -1.15. The van der Waals surface area contributed by atoms with E-state index in [1.54, 1.807) is 121 Å². The quantitative estimate of drug-likeness (QED) is 0.0637. The van der Waals surface area contributed by atoms with E-state index in [9.17, 15) is 19.2 Å². The number of halogens is 2. The molecule has 0 heterocycles. The molecule has 0 unspecified atom stereocenters. The van der Waals surface area contributed by atoms with Gasteiger partial charge in [-0.2, -0.15) is 0 Å². The van der Waals surface area contributed by atoms with Crippen LogP contribution in [0.3, 0.4) is 0 Å². The molecule has 0 radical (unpaired) electrons. The summed E-state index contributed by atoms with van der Waals surface area (Å²) in [5, 5.41) is 16.4. The fourth-order valence-electron chi connectivity index (χ4n) is 18.9. The van der Waals surface area contributed by atoms with E-state index in [0.29, 0.717) is 207 Å². The minimum Gasteiger partial charge on any atom is -0.457 e. The van der Waals surface area contributed by atoms with Crippen molar-refractivity contribution in [2.24, 2.45) is 0 Å². The molecule has 0 aromatic heterocycles. The summed E-state index contributed by atoms with van der Waals surface area (Å²) in [6, 6.07) is 57.2. The molecule has 16 aromatic carbocycles. The third-order valence-corrected chi connectivity index (χ3v) is 24.5. The minimum absolute atomic E-state index is 0.162. The van der Waals surface area contributed by atoms with E-state index in [4.69, 9.17) is 28.4 Å². The van der Waals surface area contributed by atoms with E-state index in [1.807, 2.05) is 72.8 Å². The van der Waals surface area contributed by atoms with Crippen LogP contribution in [0.1, 0.15) is 0 Å². The molecule has 0 fully saturated rings. The lowest BCUT2D eigenvalue weighted by molar-refractivity contribution is 0.123. The maximum atomic E-state index is 15.2. The highest BCUT2D eigenvalue weighted by Gasteiger charge is 2.35. The van der Waals surface area contributed by atoms with Gasteiger partial charge in [0.25, 0.3) is 0 Å². The number of hydrogen-bond acceptors (Lipinski definition) is 14. The van der Waals surface area contributed by atoms with Gasteiger partial charge in [0.05, 0.1) is 0 Å². The zero-order chi connectivity index (χ0) is 71.3. The van der Waals surface area contributed by atoms with Crippen LogP contribution in [0.4, 0.5) is 0 Å². The van der Waals surface area contributed by atoms with Crippen LogP contribution in [-0.4, -0.2) is 20.4 Å². The van der Waals surface area contributed by atoms with Crippen LogP contribution in [0.25, 0.3) is 217 Å². The van der Waals surface area contributed by atoms with Gasteiger partial charge in [0.15, 0.2) is 43.4 Å². The van der Waals surface area contributed by atoms with Gasteiger partial charge < -0.3 is 28.4 Å². The van der Waals surface area contributed by atoms with Gasteiger partial charge in [0.2, 0.25) is 20.4 Å². The van der Waals surface area contributed by atoms with Crippen LogP contribution in [0, 0.1) is 0 Å². The summed E-state index contributed by atoms with van der Waals surface area (Å²) in [6.07, 6.45) is 0. The molecule has 16 heteroatoms. The third kappa shape index (κ3) is 7.24. The second-order valence-electron chi connectivity index (χ2n) is 28.0. The Labute approximate surface area is 612 Å². The third-order valence-electron chi connectivity index (χ3n) is 23.2. The van der Waals surface area contributed by atoms with E-state index >= 15 is 19.2 Å². The van der Waals surface area contributed by atoms with Crippen molar-refractivity contribution in [3.63, 3.8) is 0 Å². The molecule has 0 bridgehead atoms. The second-order valence-corrected chi connectivity index (χ2v) is 29.7. The molecule has 0 saturated carbocycles. The van der Waals surface area contributed by atoms with Crippen molar-refractivity contribution in [2.45, 2.75) is 0 Å².